The molecule has 0 saturated heterocycles. The number of nitrogens with zero attached hydrogens (tertiary/aromatic N) is 1. The second kappa shape index (κ2) is 10.4. The van der Waals surface area contributed by atoms with Crippen molar-refractivity contribution in [3.63, 3.8) is 0 Å². The molecule has 2 amide bonds. The summed E-state index contributed by atoms with van der Waals surface area (Å²) in [5, 5.41) is 1.43. The number of rotatable bonds is 8. The van der Waals surface area contributed by atoms with Gasteiger partial charge in [-0.15, -0.1) is 11.3 Å². The van der Waals surface area contributed by atoms with Crippen LogP contribution in [-0.2, 0) is 11.3 Å². The van der Waals surface area contributed by atoms with Crippen LogP contribution in [0.1, 0.15) is 47.3 Å². The zero-order chi connectivity index (χ0) is 23.4. The van der Waals surface area contributed by atoms with Gasteiger partial charge >= 0.3 is 0 Å². The highest BCUT2D eigenvalue weighted by atomic mass is 35.5. The highest BCUT2D eigenvalue weighted by molar-refractivity contribution is 7.21. The van der Waals surface area contributed by atoms with E-state index in [0.717, 1.165) is 41.3 Å². The Bertz CT molecular complexity index is 1160. The number of halogens is 1. The fourth-order valence-corrected chi connectivity index (χ4v) is 5.78. The summed E-state index contributed by atoms with van der Waals surface area (Å²) in [6.45, 7) is 0.202. The maximum absolute atomic E-state index is 13.8. The van der Waals surface area contributed by atoms with Gasteiger partial charge in [-0.05, 0) is 36.6 Å². The fourth-order valence-electron chi connectivity index (χ4n) is 4.32. The van der Waals surface area contributed by atoms with Crippen molar-refractivity contribution in [2.75, 3.05) is 13.7 Å². The summed E-state index contributed by atoms with van der Waals surface area (Å²) in [6, 6.07) is 13.4. The van der Waals surface area contributed by atoms with Crippen LogP contribution in [0.15, 0.2) is 42.5 Å². The van der Waals surface area contributed by atoms with Crippen LogP contribution >= 0.6 is 22.9 Å². The Hall–Kier alpha value is -2.77. The van der Waals surface area contributed by atoms with E-state index in [4.69, 9.17) is 26.8 Å². The van der Waals surface area contributed by atoms with E-state index in [0.29, 0.717) is 27.9 Å². The van der Waals surface area contributed by atoms with Crippen LogP contribution in [0.25, 0.3) is 10.1 Å². The van der Waals surface area contributed by atoms with Gasteiger partial charge in [-0.3, -0.25) is 9.59 Å². The lowest BCUT2D eigenvalue weighted by atomic mass is 9.93. The first-order valence-electron chi connectivity index (χ1n) is 11.0. The average molecular weight is 487 g/mol. The Morgan fingerprint density at radius 2 is 1.88 bits per heavy atom. The normalized spacial score (nSPS) is 14.2. The standard InChI is InChI=1S/C25H27ClN2O4S/c1-31-20-13-16(11-12-19(20)32-15-22(27)29)14-28(17-7-3-2-4-8-17)25(30)24-23(26)18-9-5-6-10-21(18)33-24/h5-6,9-13,17H,2-4,7-8,14-15H2,1H3,(H2,27,29). The van der Waals surface area contributed by atoms with Gasteiger partial charge in [0.15, 0.2) is 18.1 Å². The number of fused-ring (bicyclic) bond motifs is 1. The molecule has 0 aliphatic heterocycles. The monoisotopic (exact) mass is 486 g/mol. The molecule has 174 valence electrons. The summed E-state index contributed by atoms with van der Waals surface area (Å²) in [6.07, 6.45) is 5.37. The van der Waals surface area contributed by atoms with Crippen molar-refractivity contribution in [3.8, 4) is 11.5 Å². The Labute approximate surface area is 202 Å². The topological polar surface area (TPSA) is 81.9 Å². The van der Waals surface area contributed by atoms with E-state index in [1.54, 1.807) is 6.07 Å². The van der Waals surface area contributed by atoms with Crippen LogP contribution in [0.3, 0.4) is 0 Å². The second-order valence-electron chi connectivity index (χ2n) is 8.21. The van der Waals surface area contributed by atoms with Gasteiger partial charge in [0, 0.05) is 22.7 Å². The van der Waals surface area contributed by atoms with Gasteiger partial charge in [0.2, 0.25) is 0 Å². The van der Waals surface area contributed by atoms with Crippen LogP contribution < -0.4 is 15.2 Å². The van der Waals surface area contributed by atoms with Crippen LogP contribution in [-0.4, -0.2) is 36.5 Å². The molecule has 1 aliphatic carbocycles. The molecule has 1 fully saturated rings. The summed E-state index contributed by atoms with van der Waals surface area (Å²) in [7, 11) is 1.54. The number of carbonyl (C=O) groups is 2. The van der Waals surface area contributed by atoms with Crippen molar-refractivity contribution in [3.05, 3.63) is 57.9 Å². The molecule has 2 aromatic carbocycles. The Morgan fingerprint density at radius 1 is 1.12 bits per heavy atom. The van der Waals surface area contributed by atoms with E-state index < -0.39 is 5.91 Å². The number of hydrogen-bond donors (Lipinski definition) is 1. The van der Waals surface area contributed by atoms with E-state index in [1.165, 1.54) is 24.9 Å². The second-order valence-corrected chi connectivity index (χ2v) is 9.64. The van der Waals surface area contributed by atoms with Gasteiger partial charge < -0.3 is 20.1 Å². The summed E-state index contributed by atoms with van der Waals surface area (Å²) in [5.41, 5.74) is 6.09. The molecule has 0 unspecified atom stereocenters. The number of hydrogen-bond acceptors (Lipinski definition) is 5. The number of thiophene rings is 1. The number of benzene rings is 2. The van der Waals surface area contributed by atoms with Crippen LogP contribution in [0.5, 0.6) is 11.5 Å². The molecule has 4 rings (SSSR count). The summed E-state index contributed by atoms with van der Waals surface area (Å²) >= 11 is 8.10. The first kappa shape index (κ1) is 23.4. The molecule has 33 heavy (non-hydrogen) atoms. The molecule has 1 heterocycles. The third kappa shape index (κ3) is 5.25. The minimum absolute atomic E-state index is 0.0406. The quantitative estimate of drug-likeness (QED) is 0.462. The number of methoxy groups -OCH3 is 1. The van der Waals surface area contributed by atoms with E-state index in [2.05, 4.69) is 0 Å². The molecule has 2 N–H and O–H groups in total. The van der Waals surface area contributed by atoms with Gasteiger partial charge in [-0.2, -0.15) is 0 Å². The highest BCUT2D eigenvalue weighted by Crippen LogP contribution is 2.38. The molecule has 8 heteroatoms. The Morgan fingerprint density at radius 3 is 2.58 bits per heavy atom. The minimum Gasteiger partial charge on any atom is -0.493 e. The van der Waals surface area contributed by atoms with E-state index in [-0.39, 0.29) is 18.6 Å². The zero-order valence-corrected chi connectivity index (χ0v) is 20.1. The highest BCUT2D eigenvalue weighted by Gasteiger charge is 2.29. The molecule has 6 nitrogen and oxygen atoms in total. The number of primary amides is 1. The van der Waals surface area contributed by atoms with Gasteiger partial charge in [-0.25, -0.2) is 0 Å². The molecule has 0 radical (unpaired) electrons. The Balaban J connectivity index is 1.64. The van der Waals surface area contributed by atoms with Gasteiger partial charge in [0.05, 0.1) is 12.1 Å². The zero-order valence-electron chi connectivity index (χ0n) is 18.5. The van der Waals surface area contributed by atoms with Gasteiger partial charge in [0.25, 0.3) is 11.8 Å². The lowest BCUT2D eigenvalue weighted by molar-refractivity contribution is -0.119. The first-order chi connectivity index (χ1) is 16.0. The molecule has 0 bridgehead atoms. The first-order valence-corrected chi connectivity index (χ1v) is 12.2. The van der Waals surface area contributed by atoms with Crippen molar-refractivity contribution < 1.29 is 19.1 Å². The summed E-state index contributed by atoms with van der Waals surface area (Å²) in [5.74, 6) is 0.323. The SMILES string of the molecule is COc1cc(CN(C(=O)c2sc3ccccc3c2Cl)C2CCCCC2)ccc1OCC(N)=O. The molecular weight excluding hydrogens is 460 g/mol. The van der Waals surface area contributed by atoms with E-state index in [9.17, 15) is 9.59 Å². The largest absolute Gasteiger partial charge is 0.493 e. The maximum atomic E-state index is 13.8. The predicted molar refractivity (Wildman–Crippen MR) is 131 cm³/mol. The maximum Gasteiger partial charge on any atom is 0.266 e. The lowest BCUT2D eigenvalue weighted by Gasteiger charge is -2.34. The van der Waals surface area contributed by atoms with E-state index >= 15 is 0 Å². The number of nitrogens with two attached hydrogens (primary N) is 1. The van der Waals surface area contributed by atoms with E-state index in [1.807, 2.05) is 41.3 Å². The van der Waals surface area contributed by atoms with Crippen molar-refractivity contribution in [1.29, 1.82) is 0 Å². The van der Waals surface area contributed by atoms with Crippen LogP contribution in [0, 0.1) is 0 Å². The van der Waals surface area contributed by atoms with Gasteiger partial charge in [-0.1, -0.05) is 55.1 Å². The number of ether oxygens (including phenoxy) is 2. The predicted octanol–water partition coefficient (Wildman–Crippen LogP) is 5.40. The van der Waals surface area contributed by atoms with Crippen LogP contribution in [0.2, 0.25) is 5.02 Å². The smallest absolute Gasteiger partial charge is 0.266 e. The van der Waals surface area contributed by atoms with Crippen molar-refractivity contribution in [2.24, 2.45) is 5.73 Å². The summed E-state index contributed by atoms with van der Waals surface area (Å²) in [4.78, 5) is 27.4. The average Bonchev–Trinajstić information content (AvgIpc) is 3.18. The Kier molecular flexibility index (Phi) is 7.40. The molecule has 1 saturated carbocycles. The van der Waals surface area contributed by atoms with Crippen molar-refractivity contribution in [2.45, 2.75) is 44.7 Å². The number of carbonyl (C=O) groups excluding carboxylic acids is 2. The minimum atomic E-state index is -0.560. The third-order valence-electron chi connectivity index (χ3n) is 5.96. The molecule has 1 aliphatic rings. The third-order valence-corrected chi connectivity index (χ3v) is 7.62. The molecule has 1 aromatic heterocycles. The molecule has 0 spiro atoms. The number of amides is 2. The molecule has 0 atom stereocenters. The van der Waals surface area contributed by atoms with Crippen molar-refractivity contribution in [1.82, 2.24) is 4.90 Å². The van der Waals surface area contributed by atoms with Crippen molar-refractivity contribution >= 4 is 44.8 Å². The lowest BCUT2D eigenvalue weighted by Crippen LogP contribution is -2.40. The summed E-state index contributed by atoms with van der Waals surface area (Å²) < 4.78 is 11.9. The fraction of sp³-hybridized carbons (Fsp3) is 0.360. The van der Waals surface area contributed by atoms with Gasteiger partial charge in [0.1, 0.15) is 4.88 Å². The molecule has 3 aromatic rings. The molecular formula is C25H27ClN2O4S. The van der Waals surface area contributed by atoms with Crippen LogP contribution in [0.4, 0.5) is 0 Å².